The van der Waals surface area contributed by atoms with Crippen molar-refractivity contribution in [2.45, 2.75) is 54.0 Å². The molecule has 6 heteroatoms. The zero-order valence-electron chi connectivity index (χ0n) is 12.4. The normalized spacial score (nSPS) is 13.8. The van der Waals surface area contributed by atoms with Crippen molar-refractivity contribution in [1.82, 2.24) is 4.90 Å². The smallest absolute Gasteiger partial charge is 0.417 e. The molecule has 1 atom stereocenters. The predicted octanol–water partition coefficient (Wildman–Crippen LogP) is 3.06. The number of carbonyl (C=O) groups excluding carboxylic acids is 1. The van der Waals surface area contributed by atoms with Crippen molar-refractivity contribution in [3.05, 3.63) is 0 Å². The Morgan fingerprint density at radius 3 is 1.53 bits per heavy atom. The van der Waals surface area contributed by atoms with Crippen LogP contribution >= 0.6 is 0 Å². The highest BCUT2D eigenvalue weighted by atomic mass is 16.4. The van der Waals surface area contributed by atoms with Crippen molar-refractivity contribution >= 4 is 18.0 Å². The van der Waals surface area contributed by atoms with Crippen LogP contribution in [0, 0.1) is 10.8 Å². The maximum atomic E-state index is 12.1. The lowest BCUT2D eigenvalue weighted by atomic mass is 9.78. The van der Waals surface area contributed by atoms with Crippen molar-refractivity contribution in [3.63, 3.8) is 0 Å². The molecule has 0 saturated carbocycles. The topological polar surface area (TPSA) is 94.9 Å². The second kappa shape index (κ2) is 5.59. The lowest BCUT2D eigenvalue weighted by Crippen LogP contribution is -2.51. The molecular formula is C13H23NO5. The highest BCUT2D eigenvalue weighted by Gasteiger charge is 2.40. The minimum atomic E-state index is -1.56. The van der Waals surface area contributed by atoms with Gasteiger partial charge in [0.25, 0.3) is 0 Å². The highest BCUT2D eigenvalue weighted by Crippen LogP contribution is 2.30. The van der Waals surface area contributed by atoms with E-state index in [9.17, 15) is 14.4 Å². The van der Waals surface area contributed by atoms with Crippen molar-refractivity contribution < 1.29 is 24.6 Å². The van der Waals surface area contributed by atoms with Crippen LogP contribution in [0.4, 0.5) is 9.59 Å². The van der Waals surface area contributed by atoms with E-state index in [4.69, 9.17) is 10.2 Å². The summed E-state index contributed by atoms with van der Waals surface area (Å²) < 4.78 is 0. The number of hydrogen-bond acceptors (Lipinski definition) is 3. The van der Waals surface area contributed by atoms with Crippen molar-refractivity contribution in [2.75, 3.05) is 0 Å². The molecule has 0 rings (SSSR count). The summed E-state index contributed by atoms with van der Waals surface area (Å²) in [5, 5.41) is 18.1. The highest BCUT2D eigenvalue weighted by molar-refractivity contribution is 5.89. The molecule has 2 N–H and O–H groups in total. The average molecular weight is 273 g/mol. The van der Waals surface area contributed by atoms with Gasteiger partial charge in [0.05, 0.1) is 6.04 Å². The Labute approximate surface area is 113 Å². The van der Waals surface area contributed by atoms with Gasteiger partial charge in [0, 0.05) is 11.8 Å². The summed E-state index contributed by atoms with van der Waals surface area (Å²) in [6.45, 7) is 10.3. The quantitative estimate of drug-likeness (QED) is 0.824. The van der Waals surface area contributed by atoms with Crippen LogP contribution in [-0.2, 0) is 4.79 Å². The molecule has 6 nitrogen and oxygen atoms in total. The number of Topliss-reactive ketones (excluding diaryl/α,β-unsaturated/α-hetero) is 1. The van der Waals surface area contributed by atoms with Crippen LogP contribution in [0.3, 0.4) is 0 Å². The van der Waals surface area contributed by atoms with Crippen LogP contribution in [0.1, 0.15) is 48.0 Å². The maximum Gasteiger partial charge on any atom is 0.417 e. The molecule has 0 aliphatic rings. The summed E-state index contributed by atoms with van der Waals surface area (Å²) in [7, 11) is 0. The standard InChI is InChI=1S/C13H23NO5/c1-12(2,3)8(7-9(15)13(4,5)6)14(10(16)17)11(18)19/h8H,7H2,1-6H3,(H,16,17)(H,18,19). The fourth-order valence-electron chi connectivity index (χ4n) is 1.62. The minimum Gasteiger partial charge on any atom is -0.465 e. The minimum absolute atomic E-state index is 0.119. The molecule has 0 fully saturated rings. The van der Waals surface area contributed by atoms with Gasteiger partial charge in [-0.2, -0.15) is 0 Å². The first-order chi connectivity index (χ1) is 8.28. The molecule has 0 heterocycles. The van der Waals surface area contributed by atoms with Crippen LogP contribution in [0.25, 0.3) is 0 Å². The number of hydrogen-bond donors (Lipinski definition) is 2. The number of rotatable bonds is 3. The Bertz CT molecular complexity index is 361. The molecule has 0 bridgehead atoms. The largest absolute Gasteiger partial charge is 0.465 e. The third-order valence-electron chi connectivity index (χ3n) is 2.94. The van der Waals surface area contributed by atoms with E-state index < -0.39 is 29.1 Å². The van der Waals surface area contributed by atoms with Crippen molar-refractivity contribution in [2.24, 2.45) is 10.8 Å². The summed E-state index contributed by atoms with van der Waals surface area (Å²) in [4.78, 5) is 34.6. The monoisotopic (exact) mass is 273 g/mol. The van der Waals surface area contributed by atoms with Crippen LogP contribution < -0.4 is 0 Å². The summed E-state index contributed by atoms with van der Waals surface area (Å²) in [5.41, 5.74) is -1.29. The van der Waals surface area contributed by atoms with Crippen molar-refractivity contribution in [3.8, 4) is 0 Å². The second-order valence-corrected chi connectivity index (χ2v) is 6.69. The van der Waals surface area contributed by atoms with E-state index in [1.807, 2.05) is 0 Å². The van der Waals surface area contributed by atoms with Gasteiger partial charge < -0.3 is 10.2 Å². The van der Waals surface area contributed by atoms with E-state index in [0.717, 1.165) is 0 Å². The maximum absolute atomic E-state index is 12.1. The van der Waals surface area contributed by atoms with Crippen molar-refractivity contribution in [1.29, 1.82) is 0 Å². The molecule has 0 spiro atoms. The van der Waals surface area contributed by atoms with E-state index in [1.54, 1.807) is 41.5 Å². The fourth-order valence-corrected chi connectivity index (χ4v) is 1.62. The fraction of sp³-hybridized carbons (Fsp3) is 0.769. The number of imide groups is 1. The molecule has 0 aromatic heterocycles. The van der Waals surface area contributed by atoms with Gasteiger partial charge in [-0.05, 0) is 5.41 Å². The van der Waals surface area contributed by atoms with Gasteiger partial charge in [-0.25, -0.2) is 14.5 Å². The number of carboxylic acid groups (broad SMARTS) is 2. The molecule has 19 heavy (non-hydrogen) atoms. The Morgan fingerprint density at radius 1 is 0.947 bits per heavy atom. The van der Waals surface area contributed by atoms with Gasteiger partial charge in [0.2, 0.25) is 0 Å². The number of nitrogens with zero attached hydrogens (tertiary/aromatic N) is 1. The summed E-state index contributed by atoms with van der Waals surface area (Å²) >= 11 is 0. The first-order valence-corrected chi connectivity index (χ1v) is 6.07. The number of amides is 2. The Balaban J connectivity index is 5.41. The van der Waals surface area contributed by atoms with Gasteiger partial charge >= 0.3 is 12.2 Å². The summed E-state index contributed by atoms with van der Waals surface area (Å²) in [6.07, 6.45) is -3.24. The van der Waals surface area contributed by atoms with Crippen LogP contribution in [0.5, 0.6) is 0 Å². The summed E-state index contributed by atoms with van der Waals surface area (Å²) in [5.74, 6) is -0.167. The molecule has 0 radical (unpaired) electrons. The average Bonchev–Trinajstić information content (AvgIpc) is 2.11. The molecule has 1 unspecified atom stereocenters. The third-order valence-corrected chi connectivity index (χ3v) is 2.94. The van der Waals surface area contributed by atoms with Crippen LogP contribution in [-0.4, -0.2) is 39.1 Å². The molecule has 2 amide bonds. The van der Waals surface area contributed by atoms with Gasteiger partial charge in [-0.1, -0.05) is 41.5 Å². The molecule has 0 aromatic carbocycles. The van der Waals surface area contributed by atoms with Gasteiger partial charge in [-0.15, -0.1) is 0 Å². The molecular weight excluding hydrogens is 250 g/mol. The number of ketones is 1. The van der Waals surface area contributed by atoms with E-state index in [2.05, 4.69) is 0 Å². The number of carbonyl (C=O) groups is 3. The Morgan fingerprint density at radius 2 is 1.32 bits per heavy atom. The first-order valence-electron chi connectivity index (χ1n) is 6.07. The molecule has 110 valence electrons. The second-order valence-electron chi connectivity index (χ2n) is 6.69. The Kier molecular flexibility index (Phi) is 5.12. The third kappa shape index (κ3) is 4.89. The van der Waals surface area contributed by atoms with E-state index >= 15 is 0 Å². The zero-order chi connectivity index (χ0) is 15.6. The molecule has 0 aliphatic carbocycles. The lowest BCUT2D eigenvalue weighted by molar-refractivity contribution is -0.128. The van der Waals surface area contributed by atoms with E-state index in [0.29, 0.717) is 4.90 Å². The van der Waals surface area contributed by atoms with E-state index in [-0.39, 0.29) is 12.2 Å². The zero-order valence-corrected chi connectivity index (χ0v) is 12.4. The SMILES string of the molecule is CC(C)(C)C(=O)CC(N(C(=O)O)C(=O)O)C(C)(C)C. The van der Waals surface area contributed by atoms with Gasteiger partial charge in [0.1, 0.15) is 5.78 Å². The van der Waals surface area contributed by atoms with E-state index in [1.165, 1.54) is 0 Å². The molecule has 0 saturated heterocycles. The molecule has 0 aliphatic heterocycles. The van der Waals surface area contributed by atoms with Crippen LogP contribution in [0.15, 0.2) is 0 Å². The first kappa shape index (κ1) is 17.4. The van der Waals surface area contributed by atoms with Gasteiger partial charge in [0.15, 0.2) is 0 Å². The Hall–Kier alpha value is -1.59. The molecule has 0 aromatic rings. The predicted molar refractivity (Wildman–Crippen MR) is 70.2 cm³/mol. The van der Waals surface area contributed by atoms with Crippen LogP contribution in [0.2, 0.25) is 0 Å². The van der Waals surface area contributed by atoms with Gasteiger partial charge in [-0.3, -0.25) is 4.79 Å². The lowest BCUT2D eigenvalue weighted by Gasteiger charge is -2.36. The summed E-state index contributed by atoms with van der Waals surface area (Å²) in [6, 6.07) is -0.908.